The Labute approximate surface area is 162 Å². The van der Waals surface area contributed by atoms with E-state index >= 15 is 0 Å². The zero-order valence-electron chi connectivity index (χ0n) is 15.3. The number of esters is 1. The molecule has 0 atom stereocenters. The van der Waals surface area contributed by atoms with Crippen molar-refractivity contribution in [3.63, 3.8) is 0 Å². The number of carbonyl (C=O) groups is 2. The molecule has 144 valence electrons. The predicted molar refractivity (Wildman–Crippen MR) is 101 cm³/mol. The van der Waals surface area contributed by atoms with E-state index in [1.54, 1.807) is 17.2 Å². The largest absolute Gasteiger partial charge is 0.494 e. The van der Waals surface area contributed by atoms with E-state index in [-0.39, 0.29) is 11.9 Å². The number of piperidine rings is 1. The smallest absolute Gasteiger partial charge is 0.312 e. The Bertz CT molecular complexity index is 744. The molecule has 0 radical (unpaired) electrons. The Hall–Kier alpha value is -2.48. The highest BCUT2D eigenvalue weighted by molar-refractivity contribution is 7.03. The molecular weight excluding hydrogens is 366 g/mol. The molecule has 1 aromatic carbocycles. The van der Waals surface area contributed by atoms with Gasteiger partial charge in [0.25, 0.3) is 5.91 Å². The summed E-state index contributed by atoms with van der Waals surface area (Å²) < 4.78 is 14.9. The summed E-state index contributed by atoms with van der Waals surface area (Å²) in [5.41, 5.74) is -0.266. The highest BCUT2D eigenvalue weighted by Gasteiger charge is 2.43. The van der Waals surface area contributed by atoms with Crippen molar-refractivity contribution < 1.29 is 19.1 Å². The van der Waals surface area contributed by atoms with Crippen LogP contribution in [0.25, 0.3) is 0 Å². The van der Waals surface area contributed by atoms with Gasteiger partial charge in [-0.15, -0.1) is 5.10 Å². The lowest BCUT2D eigenvalue weighted by Crippen LogP contribution is -2.47. The molecule has 0 saturated carbocycles. The third-order valence-electron chi connectivity index (χ3n) is 4.89. The van der Waals surface area contributed by atoms with Gasteiger partial charge in [0.1, 0.15) is 5.75 Å². The molecule has 0 unspecified atom stereocenters. The van der Waals surface area contributed by atoms with Crippen LogP contribution in [0, 0.1) is 5.41 Å². The average Bonchev–Trinajstić information content (AvgIpc) is 3.24. The number of likely N-dealkylation sites (tertiary alicyclic amines) is 1. The highest BCUT2D eigenvalue weighted by atomic mass is 32.1. The first-order valence-corrected chi connectivity index (χ1v) is 9.90. The van der Waals surface area contributed by atoms with Crippen LogP contribution in [0.3, 0.4) is 0 Å². The maximum atomic E-state index is 12.7. The molecule has 1 saturated heterocycles. The van der Waals surface area contributed by atoms with E-state index in [0.29, 0.717) is 51.3 Å². The van der Waals surface area contributed by atoms with Gasteiger partial charge in [-0.25, -0.2) is 0 Å². The number of nitrogens with zero attached hydrogens (tertiary/aromatic N) is 3. The van der Waals surface area contributed by atoms with Crippen molar-refractivity contribution >= 4 is 23.4 Å². The molecule has 0 spiro atoms. The van der Waals surface area contributed by atoms with Crippen molar-refractivity contribution in [2.24, 2.45) is 5.41 Å². The molecule has 0 aliphatic carbocycles. The number of benzene rings is 1. The predicted octanol–water partition coefficient (Wildman–Crippen LogP) is 2.79. The summed E-state index contributed by atoms with van der Waals surface area (Å²) in [6.45, 7) is 3.54. The van der Waals surface area contributed by atoms with E-state index in [0.717, 1.165) is 17.3 Å². The number of hydrogen-bond acceptors (Lipinski definition) is 7. The summed E-state index contributed by atoms with van der Waals surface area (Å²) in [6.07, 6.45) is 1.65. The van der Waals surface area contributed by atoms with Crippen LogP contribution in [0.4, 0.5) is 0 Å². The third kappa shape index (κ3) is 4.63. The van der Waals surface area contributed by atoms with Gasteiger partial charge >= 0.3 is 5.97 Å². The molecule has 1 fully saturated rings. The van der Waals surface area contributed by atoms with Gasteiger partial charge in [-0.3, -0.25) is 9.59 Å². The topological polar surface area (TPSA) is 81.6 Å². The zero-order chi connectivity index (χ0) is 19.1. The van der Waals surface area contributed by atoms with Gasteiger partial charge in [0.2, 0.25) is 0 Å². The summed E-state index contributed by atoms with van der Waals surface area (Å²) in [6, 6.07) is 9.53. The number of amides is 1. The fraction of sp³-hybridized carbons (Fsp3) is 0.474. The lowest BCUT2D eigenvalue weighted by atomic mass is 9.75. The molecule has 7 nitrogen and oxygen atoms in total. The molecule has 1 amide bonds. The Morgan fingerprint density at radius 1 is 1.22 bits per heavy atom. The van der Waals surface area contributed by atoms with Crippen molar-refractivity contribution in [2.75, 3.05) is 26.3 Å². The second-order valence-electron chi connectivity index (χ2n) is 6.49. The lowest BCUT2D eigenvalue weighted by molar-refractivity contribution is -0.159. The standard InChI is InChI=1S/C19H23N3O4S/c1-2-25-18(24)19(10-13-26-15-6-4-3-5-7-15)8-11-22(12-9-19)17(23)16-14-27-21-20-16/h3-7,14H,2,8-13H2,1H3. The fourth-order valence-electron chi connectivity index (χ4n) is 3.28. The van der Waals surface area contributed by atoms with Gasteiger partial charge < -0.3 is 14.4 Å². The molecule has 0 bridgehead atoms. The molecular formula is C19H23N3O4S. The second-order valence-corrected chi connectivity index (χ2v) is 7.10. The van der Waals surface area contributed by atoms with E-state index in [1.807, 2.05) is 30.3 Å². The molecule has 3 rings (SSSR count). The zero-order valence-corrected chi connectivity index (χ0v) is 16.1. The van der Waals surface area contributed by atoms with Gasteiger partial charge in [0.15, 0.2) is 5.69 Å². The summed E-state index contributed by atoms with van der Waals surface area (Å²) in [5, 5.41) is 5.48. The van der Waals surface area contributed by atoms with Crippen molar-refractivity contribution in [1.82, 2.24) is 14.5 Å². The minimum Gasteiger partial charge on any atom is -0.494 e. The Balaban J connectivity index is 1.62. The number of para-hydroxylation sites is 1. The van der Waals surface area contributed by atoms with Crippen LogP contribution in [-0.2, 0) is 9.53 Å². The summed E-state index contributed by atoms with van der Waals surface area (Å²) >= 11 is 1.15. The molecule has 27 heavy (non-hydrogen) atoms. The number of aromatic nitrogens is 2. The van der Waals surface area contributed by atoms with Crippen LogP contribution in [0.1, 0.15) is 36.7 Å². The van der Waals surface area contributed by atoms with Gasteiger partial charge in [-0.2, -0.15) is 0 Å². The molecule has 1 aromatic heterocycles. The van der Waals surface area contributed by atoms with E-state index < -0.39 is 5.41 Å². The van der Waals surface area contributed by atoms with Crippen LogP contribution in [0.5, 0.6) is 5.75 Å². The minimum absolute atomic E-state index is 0.137. The summed E-state index contributed by atoms with van der Waals surface area (Å²) in [5.74, 6) is 0.436. The molecule has 0 N–H and O–H groups in total. The van der Waals surface area contributed by atoms with Gasteiger partial charge in [-0.05, 0) is 49.9 Å². The summed E-state index contributed by atoms with van der Waals surface area (Å²) in [4.78, 5) is 26.8. The Kier molecular flexibility index (Phi) is 6.39. The molecule has 2 aromatic rings. The van der Waals surface area contributed by atoms with E-state index in [9.17, 15) is 9.59 Å². The second kappa shape index (κ2) is 8.94. The lowest BCUT2D eigenvalue weighted by Gasteiger charge is -2.39. The number of rotatable bonds is 7. The first-order chi connectivity index (χ1) is 13.1. The van der Waals surface area contributed by atoms with Crippen LogP contribution < -0.4 is 4.74 Å². The van der Waals surface area contributed by atoms with Crippen LogP contribution in [-0.4, -0.2) is 52.7 Å². The maximum Gasteiger partial charge on any atom is 0.312 e. The third-order valence-corrected chi connectivity index (χ3v) is 5.39. The SMILES string of the molecule is CCOC(=O)C1(CCOc2ccccc2)CCN(C(=O)c2csnn2)CC1. The molecule has 1 aliphatic rings. The minimum atomic E-state index is -0.623. The van der Waals surface area contributed by atoms with Gasteiger partial charge in [0, 0.05) is 18.5 Å². The summed E-state index contributed by atoms with van der Waals surface area (Å²) in [7, 11) is 0. The fourth-order valence-corrected chi connectivity index (χ4v) is 3.71. The number of ether oxygens (including phenoxy) is 2. The Morgan fingerprint density at radius 2 is 1.96 bits per heavy atom. The highest BCUT2D eigenvalue weighted by Crippen LogP contribution is 2.37. The molecule has 2 heterocycles. The van der Waals surface area contributed by atoms with E-state index in [1.165, 1.54) is 0 Å². The van der Waals surface area contributed by atoms with Gasteiger partial charge in [0.05, 0.1) is 18.6 Å². The first-order valence-electron chi connectivity index (χ1n) is 9.06. The quantitative estimate of drug-likeness (QED) is 0.678. The number of carbonyl (C=O) groups excluding carboxylic acids is 2. The van der Waals surface area contributed by atoms with Crippen molar-refractivity contribution in [1.29, 1.82) is 0 Å². The molecule has 1 aliphatic heterocycles. The monoisotopic (exact) mass is 389 g/mol. The van der Waals surface area contributed by atoms with E-state index in [4.69, 9.17) is 9.47 Å². The molecule has 8 heteroatoms. The number of hydrogen-bond donors (Lipinski definition) is 0. The van der Waals surface area contributed by atoms with Crippen molar-refractivity contribution in [3.05, 3.63) is 41.4 Å². The van der Waals surface area contributed by atoms with Crippen molar-refractivity contribution in [2.45, 2.75) is 26.2 Å². The Morgan fingerprint density at radius 3 is 2.59 bits per heavy atom. The first kappa shape index (κ1) is 19.3. The van der Waals surface area contributed by atoms with E-state index in [2.05, 4.69) is 9.59 Å². The van der Waals surface area contributed by atoms with Crippen LogP contribution in [0.2, 0.25) is 0 Å². The maximum absolute atomic E-state index is 12.7. The average molecular weight is 389 g/mol. The van der Waals surface area contributed by atoms with Gasteiger partial charge in [-0.1, -0.05) is 22.7 Å². The normalized spacial score (nSPS) is 16.0. The van der Waals surface area contributed by atoms with Crippen LogP contribution >= 0.6 is 11.5 Å². The van der Waals surface area contributed by atoms with Crippen molar-refractivity contribution in [3.8, 4) is 5.75 Å². The van der Waals surface area contributed by atoms with Crippen LogP contribution in [0.15, 0.2) is 35.7 Å².